The van der Waals surface area contributed by atoms with E-state index >= 15 is 0 Å². The van der Waals surface area contributed by atoms with Crippen molar-refractivity contribution in [1.82, 2.24) is 10.2 Å². The number of nitrogens with one attached hydrogen (secondary N) is 1. The SMILES string of the molecule is CC(=O)N1CCc2ccccc2[C@@H]1CC(=O)N[C@H]1CCCc2occc21. The minimum Gasteiger partial charge on any atom is -0.469 e. The fourth-order valence-electron chi connectivity index (χ4n) is 4.31. The summed E-state index contributed by atoms with van der Waals surface area (Å²) in [5.41, 5.74) is 3.42. The van der Waals surface area contributed by atoms with Crippen molar-refractivity contribution in [3.8, 4) is 0 Å². The van der Waals surface area contributed by atoms with Gasteiger partial charge in [0.15, 0.2) is 0 Å². The van der Waals surface area contributed by atoms with Crippen LogP contribution in [0.2, 0.25) is 0 Å². The van der Waals surface area contributed by atoms with Gasteiger partial charge in [-0.3, -0.25) is 9.59 Å². The molecule has 1 N–H and O–H groups in total. The molecule has 2 aromatic rings. The van der Waals surface area contributed by atoms with E-state index in [1.165, 1.54) is 5.56 Å². The molecule has 0 spiro atoms. The molecule has 5 heteroatoms. The first kappa shape index (κ1) is 16.9. The Hall–Kier alpha value is -2.56. The van der Waals surface area contributed by atoms with Crippen LogP contribution < -0.4 is 5.32 Å². The summed E-state index contributed by atoms with van der Waals surface area (Å²) in [4.78, 5) is 26.7. The number of carbonyl (C=O) groups excluding carboxylic acids is 2. The maximum absolute atomic E-state index is 12.8. The van der Waals surface area contributed by atoms with Crippen LogP contribution in [0.5, 0.6) is 0 Å². The van der Waals surface area contributed by atoms with Crippen LogP contribution in [-0.2, 0) is 22.4 Å². The molecule has 0 radical (unpaired) electrons. The van der Waals surface area contributed by atoms with Crippen molar-refractivity contribution in [2.45, 2.75) is 51.1 Å². The zero-order valence-corrected chi connectivity index (χ0v) is 15.0. The Morgan fingerprint density at radius 1 is 1.19 bits per heavy atom. The number of hydrogen-bond acceptors (Lipinski definition) is 3. The van der Waals surface area contributed by atoms with E-state index in [-0.39, 0.29) is 23.9 Å². The van der Waals surface area contributed by atoms with Gasteiger partial charge >= 0.3 is 0 Å². The second-order valence-electron chi connectivity index (χ2n) is 7.19. The van der Waals surface area contributed by atoms with Crippen molar-refractivity contribution in [2.75, 3.05) is 6.54 Å². The first-order chi connectivity index (χ1) is 12.6. The molecule has 1 aromatic heterocycles. The van der Waals surface area contributed by atoms with E-state index in [1.54, 1.807) is 13.2 Å². The molecular formula is C21H24N2O3. The molecule has 136 valence electrons. The summed E-state index contributed by atoms with van der Waals surface area (Å²) in [7, 11) is 0. The van der Waals surface area contributed by atoms with Crippen molar-refractivity contribution < 1.29 is 14.0 Å². The van der Waals surface area contributed by atoms with Gasteiger partial charge in [-0.1, -0.05) is 24.3 Å². The topological polar surface area (TPSA) is 62.6 Å². The van der Waals surface area contributed by atoms with Gasteiger partial charge in [-0.15, -0.1) is 0 Å². The molecule has 2 amide bonds. The average Bonchev–Trinajstić information content (AvgIpc) is 3.11. The highest BCUT2D eigenvalue weighted by Crippen LogP contribution is 2.34. The third-order valence-corrected chi connectivity index (χ3v) is 5.58. The zero-order chi connectivity index (χ0) is 18.1. The normalized spacial score (nSPS) is 21.7. The van der Waals surface area contributed by atoms with Crippen molar-refractivity contribution in [1.29, 1.82) is 0 Å². The van der Waals surface area contributed by atoms with E-state index in [0.29, 0.717) is 13.0 Å². The molecule has 0 saturated carbocycles. The molecule has 4 rings (SSSR count). The van der Waals surface area contributed by atoms with Crippen LogP contribution in [0, 0.1) is 0 Å². The number of amides is 2. The maximum Gasteiger partial charge on any atom is 0.222 e. The number of furan rings is 1. The van der Waals surface area contributed by atoms with Crippen molar-refractivity contribution in [3.63, 3.8) is 0 Å². The minimum atomic E-state index is -0.190. The highest BCUT2D eigenvalue weighted by molar-refractivity contribution is 5.80. The molecule has 0 unspecified atom stereocenters. The van der Waals surface area contributed by atoms with Gasteiger partial charge in [0.1, 0.15) is 5.76 Å². The van der Waals surface area contributed by atoms with Crippen LogP contribution in [0.4, 0.5) is 0 Å². The Balaban J connectivity index is 1.52. The summed E-state index contributed by atoms with van der Waals surface area (Å²) < 4.78 is 5.51. The molecule has 2 aliphatic rings. The van der Waals surface area contributed by atoms with Crippen LogP contribution in [0.25, 0.3) is 0 Å². The number of fused-ring (bicyclic) bond motifs is 2. The van der Waals surface area contributed by atoms with Gasteiger partial charge in [0.05, 0.1) is 24.8 Å². The van der Waals surface area contributed by atoms with Crippen LogP contribution in [0.1, 0.15) is 60.7 Å². The van der Waals surface area contributed by atoms with E-state index in [4.69, 9.17) is 4.42 Å². The summed E-state index contributed by atoms with van der Waals surface area (Å²) in [6.07, 6.45) is 5.70. The fraction of sp³-hybridized carbons (Fsp3) is 0.429. The van der Waals surface area contributed by atoms with Crippen LogP contribution >= 0.6 is 0 Å². The van der Waals surface area contributed by atoms with Crippen LogP contribution in [0.15, 0.2) is 41.0 Å². The van der Waals surface area contributed by atoms with Gasteiger partial charge in [0, 0.05) is 25.5 Å². The maximum atomic E-state index is 12.8. The van der Waals surface area contributed by atoms with Gasteiger partial charge in [-0.25, -0.2) is 0 Å². The van der Waals surface area contributed by atoms with Crippen molar-refractivity contribution >= 4 is 11.8 Å². The van der Waals surface area contributed by atoms with Gasteiger partial charge in [0.2, 0.25) is 11.8 Å². The summed E-state index contributed by atoms with van der Waals surface area (Å²) in [6, 6.07) is 9.90. The molecule has 1 aliphatic heterocycles. The monoisotopic (exact) mass is 352 g/mol. The van der Waals surface area contributed by atoms with E-state index in [0.717, 1.165) is 42.6 Å². The molecule has 1 aliphatic carbocycles. The Bertz CT molecular complexity index is 826. The second-order valence-corrected chi connectivity index (χ2v) is 7.19. The molecule has 0 saturated heterocycles. The Labute approximate surface area is 153 Å². The first-order valence-electron chi connectivity index (χ1n) is 9.34. The van der Waals surface area contributed by atoms with Gasteiger partial charge in [0.25, 0.3) is 0 Å². The number of carbonyl (C=O) groups is 2. The Morgan fingerprint density at radius 3 is 2.88 bits per heavy atom. The number of aryl methyl sites for hydroxylation is 1. The molecular weight excluding hydrogens is 328 g/mol. The lowest BCUT2D eigenvalue weighted by molar-refractivity contribution is -0.133. The number of benzene rings is 1. The van der Waals surface area contributed by atoms with E-state index in [9.17, 15) is 9.59 Å². The number of nitrogens with zero attached hydrogens (tertiary/aromatic N) is 1. The van der Waals surface area contributed by atoms with Crippen LogP contribution in [-0.4, -0.2) is 23.3 Å². The first-order valence-corrected chi connectivity index (χ1v) is 9.34. The van der Waals surface area contributed by atoms with Gasteiger partial charge < -0.3 is 14.6 Å². The molecule has 2 atom stereocenters. The zero-order valence-electron chi connectivity index (χ0n) is 15.0. The van der Waals surface area contributed by atoms with Gasteiger partial charge in [-0.2, -0.15) is 0 Å². The highest BCUT2D eigenvalue weighted by Gasteiger charge is 2.32. The summed E-state index contributed by atoms with van der Waals surface area (Å²) in [5.74, 6) is 0.985. The average molecular weight is 352 g/mol. The molecule has 1 aromatic carbocycles. The van der Waals surface area contributed by atoms with Gasteiger partial charge in [-0.05, 0) is 36.5 Å². The molecule has 26 heavy (non-hydrogen) atoms. The lowest BCUT2D eigenvalue weighted by atomic mass is 9.89. The minimum absolute atomic E-state index is 0.00890. The second kappa shape index (κ2) is 6.98. The fourth-order valence-corrected chi connectivity index (χ4v) is 4.31. The highest BCUT2D eigenvalue weighted by atomic mass is 16.3. The lowest BCUT2D eigenvalue weighted by Gasteiger charge is -2.37. The Morgan fingerprint density at radius 2 is 2.04 bits per heavy atom. The van der Waals surface area contributed by atoms with E-state index < -0.39 is 0 Å². The number of rotatable bonds is 3. The summed E-state index contributed by atoms with van der Waals surface area (Å²) in [6.45, 7) is 2.25. The molecule has 0 bridgehead atoms. The predicted octanol–water partition coefficient (Wildman–Crippen LogP) is 3.31. The molecule has 5 nitrogen and oxygen atoms in total. The summed E-state index contributed by atoms with van der Waals surface area (Å²) >= 11 is 0. The third-order valence-electron chi connectivity index (χ3n) is 5.58. The molecule has 2 heterocycles. The standard InChI is InChI=1S/C21H24N2O3/c1-14(24)23-11-9-15-5-2-3-6-16(15)19(23)13-21(25)22-18-7-4-8-20-17(18)10-12-26-20/h2-3,5-6,10,12,18-19H,4,7-9,11,13H2,1H3,(H,22,25)/t18-,19-/m0/s1. The Kier molecular flexibility index (Phi) is 4.53. The van der Waals surface area contributed by atoms with E-state index in [2.05, 4.69) is 11.4 Å². The summed E-state index contributed by atoms with van der Waals surface area (Å²) in [5, 5.41) is 3.16. The van der Waals surface area contributed by atoms with Crippen molar-refractivity contribution in [2.24, 2.45) is 0 Å². The van der Waals surface area contributed by atoms with E-state index in [1.807, 2.05) is 29.2 Å². The predicted molar refractivity (Wildman–Crippen MR) is 97.4 cm³/mol. The quantitative estimate of drug-likeness (QED) is 0.922. The largest absolute Gasteiger partial charge is 0.469 e. The smallest absolute Gasteiger partial charge is 0.222 e. The molecule has 0 fully saturated rings. The lowest BCUT2D eigenvalue weighted by Crippen LogP contribution is -2.41. The van der Waals surface area contributed by atoms with Crippen LogP contribution in [0.3, 0.4) is 0 Å². The third kappa shape index (κ3) is 3.14. The number of hydrogen-bond donors (Lipinski definition) is 1. The van der Waals surface area contributed by atoms with Crippen molar-refractivity contribution in [3.05, 3.63) is 59.0 Å².